The lowest BCUT2D eigenvalue weighted by atomic mass is 10.2. The molecule has 0 spiro atoms. The maximum absolute atomic E-state index is 12.6. The van der Waals surface area contributed by atoms with Gasteiger partial charge in [0.15, 0.2) is 5.82 Å². The quantitative estimate of drug-likeness (QED) is 0.784. The number of aromatic nitrogens is 3. The highest BCUT2D eigenvalue weighted by molar-refractivity contribution is 6.05. The fourth-order valence-electron chi connectivity index (χ4n) is 2.45. The molecule has 122 valence electrons. The number of hydrogen-bond donors (Lipinski definition) is 1. The van der Waals surface area contributed by atoms with E-state index >= 15 is 0 Å². The third-order valence-corrected chi connectivity index (χ3v) is 3.66. The van der Waals surface area contributed by atoms with Crippen LogP contribution in [0.1, 0.15) is 23.0 Å². The maximum atomic E-state index is 12.6. The van der Waals surface area contributed by atoms with E-state index in [1.807, 2.05) is 25.1 Å². The van der Waals surface area contributed by atoms with Crippen LogP contribution in [0.4, 0.5) is 5.69 Å². The van der Waals surface area contributed by atoms with Gasteiger partial charge in [0, 0.05) is 11.9 Å². The SMILES string of the molecule is CCc1c(C(=O)Nc2ccc(OC)cc2)cnn1-c1ccccn1. The minimum absolute atomic E-state index is 0.195. The van der Waals surface area contributed by atoms with Gasteiger partial charge in [0.1, 0.15) is 5.75 Å². The van der Waals surface area contributed by atoms with E-state index in [2.05, 4.69) is 15.4 Å². The number of pyridine rings is 1. The first kappa shape index (κ1) is 15.7. The number of ether oxygens (including phenoxy) is 1. The van der Waals surface area contributed by atoms with Crippen LogP contribution in [0.15, 0.2) is 54.9 Å². The Morgan fingerprint density at radius 1 is 1.21 bits per heavy atom. The number of rotatable bonds is 5. The summed E-state index contributed by atoms with van der Waals surface area (Å²) in [6, 6.07) is 12.8. The van der Waals surface area contributed by atoms with Crippen molar-refractivity contribution in [2.45, 2.75) is 13.3 Å². The predicted molar refractivity (Wildman–Crippen MR) is 91.7 cm³/mol. The van der Waals surface area contributed by atoms with Crippen LogP contribution in [-0.2, 0) is 6.42 Å². The van der Waals surface area contributed by atoms with E-state index in [1.165, 1.54) is 0 Å². The molecular formula is C18H18N4O2. The summed E-state index contributed by atoms with van der Waals surface area (Å²) >= 11 is 0. The van der Waals surface area contributed by atoms with Crippen molar-refractivity contribution in [2.24, 2.45) is 0 Å². The van der Waals surface area contributed by atoms with E-state index in [0.717, 1.165) is 11.4 Å². The number of nitrogens with one attached hydrogen (secondary N) is 1. The molecule has 0 radical (unpaired) electrons. The van der Waals surface area contributed by atoms with Crippen molar-refractivity contribution in [3.8, 4) is 11.6 Å². The second-order valence-electron chi connectivity index (χ2n) is 5.14. The minimum Gasteiger partial charge on any atom is -0.497 e. The third kappa shape index (κ3) is 3.12. The molecule has 1 amide bonds. The molecule has 0 aliphatic heterocycles. The molecule has 0 unspecified atom stereocenters. The summed E-state index contributed by atoms with van der Waals surface area (Å²) in [4.78, 5) is 16.9. The van der Waals surface area contributed by atoms with Crippen LogP contribution in [0.3, 0.4) is 0 Å². The standard InChI is InChI=1S/C18H18N4O2/c1-3-16-15(12-20-22(16)17-6-4-5-11-19-17)18(23)21-13-7-9-14(24-2)10-8-13/h4-12H,3H2,1-2H3,(H,21,23). The number of carbonyl (C=O) groups is 1. The Morgan fingerprint density at radius 3 is 2.62 bits per heavy atom. The van der Waals surface area contributed by atoms with Crippen molar-refractivity contribution >= 4 is 11.6 Å². The molecule has 0 aliphatic rings. The van der Waals surface area contributed by atoms with Crippen LogP contribution < -0.4 is 10.1 Å². The molecule has 0 fully saturated rings. The average Bonchev–Trinajstić information content (AvgIpc) is 3.07. The van der Waals surface area contributed by atoms with Gasteiger partial charge in [-0.15, -0.1) is 0 Å². The fourth-order valence-corrected chi connectivity index (χ4v) is 2.45. The lowest BCUT2D eigenvalue weighted by molar-refractivity contribution is 0.102. The Morgan fingerprint density at radius 2 is 2.00 bits per heavy atom. The van der Waals surface area contributed by atoms with Gasteiger partial charge < -0.3 is 10.1 Å². The molecule has 6 nitrogen and oxygen atoms in total. The summed E-state index contributed by atoms with van der Waals surface area (Å²) in [7, 11) is 1.60. The molecule has 3 rings (SSSR count). The van der Waals surface area contributed by atoms with Crippen molar-refractivity contribution in [2.75, 3.05) is 12.4 Å². The van der Waals surface area contributed by atoms with E-state index in [0.29, 0.717) is 23.5 Å². The van der Waals surface area contributed by atoms with Crippen molar-refractivity contribution in [3.05, 3.63) is 66.1 Å². The first-order valence-electron chi connectivity index (χ1n) is 7.66. The van der Waals surface area contributed by atoms with Gasteiger partial charge in [-0.2, -0.15) is 5.10 Å². The van der Waals surface area contributed by atoms with Crippen molar-refractivity contribution in [3.63, 3.8) is 0 Å². The zero-order valence-corrected chi connectivity index (χ0v) is 13.6. The minimum atomic E-state index is -0.195. The second kappa shape index (κ2) is 6.95. The lowest BCUT2D eigenvalue weighted by Gasteiger charge is -2.08. The summed E-state index contributed by atoms with van der Waals surface area (Å²) in [5.74, 6) is 1.24. The summed E-state index contributed by atoms with van der Waals surface area (Å²) in [5, 5.41) is 7.20. The van der Waals surface area contributed by atoms with Gasteiger partial charge >= 0.3 is 0 Å². The van der Waals surface area contributed by atoms with E-state index < -0.39 is 0 Å². The number of amides is 1. The molecule has 0 atom stereocenters. The highest BCUT2D eigenvalue weighted by atomic mass is 16.5. The third-order valence-electron chi connectivity index (χ3n) is 3.66. The zero-order chi connectivity index (χ0) is 16.9. The van der Waals surface area contributed by atoms with Gasteiger partial charge in [0.25, 0.3) is 5.91 Å². The van der Waals surface area contributed by atoms with Crippen LogP contribution in [0.25, 0.3) is 5.82 Å². The average molecular weight is 322 g/mol. The summed E-state index contributed by atoms with van der Waals surface area (Å²) < 4.78 is 6.81. The van der Waals surface area contributed by atoms with E-state index in [1.54, 1.807) is 48.5 Å². The summed E-state index contributed by atoms with van der Waals surface area (Å²) in [6.45, 7) is 1.99. The molecule has 6 heteroatoms. The number of nitrogens with zero attached hydrogens (tertiary/aromatic N) is 3. The lowest BCUT2D eigenvalue weighted by Crippen LogP contribution is -2.14. The smallest absolute Gasteiger partial charge is 0.259 e. The zero-order valence-electron chi connectivity index (χ0n) is 13.6. The monoisotopic (exact) mass is 322 g/mol. The molecule has 3 aromatic rings. The van der Waals surface area contributed by atoms with Crippen LogP contribution in [-0.4, -0.2) is 27.8 Å². The molecule has 24 heavy (non-hydrogen) atoms. The Bertz CT molecular complexity index is 826. The van der Waals surface area contributed by atoms with Gasteiger partial charge in [-0.3, -0.25) is 4.79 Å². The van der Waals surface area contributed by atoms with E-state index in [-0.39, 0.29) is 5.91 Å². The molecule has 2 heterocycles. The normalized spacial score (nSPS) is 10.4. The van der Waals surface area contributed by atoms with E-state index in [9.17, 15) is 4.79 Å². The summed E-state index contributed by atoms with van der Waals surface area (Å²) in [5.41, 5.74) is 2.06. The van der Waals surface area contributed by atoms with E-state index in [4.69, 9.17) is 4.74 Å². The molecule has 0 saturated carbocycles. The Hall–Kier alpha value is -3.15. The van der Waals surface area contributed by atoms with Gasteiger partial charge in [-0.25, -0.2) is 9.67 Å². The van der Waals surface area contributed by atoms with Crippen molar-refractivity contribution in [1.29, 1.82) is 0 Å². The Labute approximate surface area is 140 Å². The molecule has 1 N–H and O–H groups in total. The van der Waals surface area contributed by atoms with Gasteiger partial charge in [-0.05, 0) is 42.8 Å². The number of hydrogen-bond acceptors (Lipinski definition) is 4. The van der Waals surface area contributed by atoms with Gasteiger partial charge in [-0.1, -0.05) is 13.0 Å². The molecule has 0 aliphatic carbocycles. The van der Waals surface area contributed by atoms with Gasteiger partial charge in [0.2, 0.25) is 0 Å². The molecule has 0 saturated heterocycles. The number of anilines is 1. The van der Waals surface area contributed by atoms with Crippen LogP contribution >= 0.6 is 0 Å². The van der Waals surface area contributed by atoms with Crippen molar-refractivity contribution in [1.82, 2.24) is 14.8 Å². The van der Waals surface area contributed by atoms with Crippen LogP contribution in [0.5, 0.6) is 5.75 Å². The van der Waals surface area contributed by atoms with Crippen LogP contribution in [0.2, 0.25) is 0 Å². The maximum Gasteiger partial charge on any atom is 0.259 e. The number of benzene rings is 1. The van der Waals surface area contributed by atoms with Crippen LogP contribution in [0, 0.1) is 0 Å². The Balaban J connectivity index is 1.86. The molecule has 0 bridgehead atoms. The second-order valence-corrected chi connectivity index (χ2v) is 5.14. The predicted octanol–water partition coefficient (Wildman–Crippen LogP) is 3.09. The topological polar surface area (TPSA) is 69.0 Å². The highest BCUT2D eigenvalue weighted by Gasteiger charge is 2.17. The first-order chi connectivity index (χ1) is 11.7. The molecule has 1 aromatic carbocycles. The fraction of sp³-hybridized carbons (Fsp3) is 0.167. The molecular weight excluding hydrogens is 304 g/mol. The van der Waals surface area contributed by atoms with Crippen molar-refractivity contribution < 1.29 is 9.53 Å². The highest BCUT2D eigenvalue weighted by Crippen LogP contribution is 2.18. The van der Waals surface area contributed by atoms with Gasteiger partial charge in [0.05, 0.1) is 24.6 Å². The molecule has 2 aromatic heterocycles. The Kier molecular flexibility index (Phi) is 4.56. The largest absolute Gasteiger partial charge is 0.497 e. The first-order valence-corrected chi connectivity index (χ1v) is 7.66. The number of carbonyl (C=O) groups excluding carboxylic acids is 1. The summed E-state index contributed by atoms with van der Waals surface area (Å²) in [6.07, 6.45) is 3.95. The number of methoxy groups -OCH3 is 1.